The summed E-state index contributed by atoms with van der Waals surface area (Å²) < 4.78 is 5.91. The zero-order valence-corrected chi connectivity index (χ0v) is 19.1. The molecule has 0 aliphatic carbocycles. The lowest BCUT2D eigenvalue weighted by Crippen LogP contribution is -2.21. The highest BCUT2D eigenvalue weighted by Gasteiger charge is 2.11. The fourth-order valence-electron chi connectivity index (χ4n) is 2.79. The van der Waals surface area contributed by atoms with E-state index in [1.165, 1.54) is 6.92 Å². The normalized spacial score (nSPS) is 10.3. The Balaban J connectivity index is 1.68. The number of nitrogens with one attached hydrogen (secondary N) is 2. The Labute approximate surface area is 189 Å². The van der Waals surface area contributed by atoms with E-state index in [4.69, 9.17) is 4.74 Å². The first-order valence-corrected chi connectivity index (χ1v) is 10.7. The van der Waals surface area contributed by atoms with Gasteiger partial charge in [0.05, 0.1) is 0 Å². The Kier molecular flexibility index (Phi) is 9.40. The lowest BCUT2D eigenvalue weighted by molar-refractivity contribution is -0.147. The van der Waals surface area contributed by atoms with Crippen LogP contribution in [0.15, 0.2) is 46.9 Å². The Morgan fingerprint density at radius 1 is 0.935 bits per heavy atom. The molecule has 2 aromatic carbocycles. The van der Waals surface area contributed by atoms with Crippen LogP contribution in [0, 0.1) is 0 Å². The monoisotopic (exact) mass is 488 g/mol. The predicted molar refractivity (Wildman–Crippen MR) is 122 cm³/mol. The molecule has 0 spiro atoms. The summed E-state index contributed by atoms with van der Waals surface area (Å²) in [5, 5.41) is 5.44. The van der Waals surface area contributed by atoms with Crippen molar-refractivity contribution >= 4 is 50.9 Å². The molecule has 0 atom stereocenters. The average molecular weight is 489 g/mol. The molecule has 0 bridgehead atoms. The molecule has 2 amide bonds. The molecule has 0 unspecified atom stereocenters. The summed E-state index contributed by atoms with van der Waals surface area (Å²) in [6.07, 6.45) is 1.21. The molecule has 0 aromatic heterocycles. The van der Waals surface area contributed by atoms with Crippen molar-refractivity contribution in [2.24, 2.45) is 0 Å². The topological polar surface area (TPSA) is 102 Å². The predicted octanol–water partition coefficient (Wildman–Crippen LogP) is 4.50. The summed E-state index contributed by atoms with van der Waals surface area (Å²) in [5.41, 5.74) is 2.79. The summed E-state index contributed by atoms with van der Waals surface area (Å²) in [4.78, 5) is 47.1. The van der Waals surface area contributed by atoms with Crippen LogP contribution in [0.5, 0.6) is 0 Å². The summed E-state index contributed by atoms with van der Waals surface area (Å²) >= 11 is 3.39. The first-order chi connectivity index (χ1) is 14.8. The molecule has 7 nitrogen and oxygen atoms in total. The van der Waals surface area contributed by atoms with E-state index in [9.17, 15) is 19.2 Å². The van der Waals surface area contributed by atoms with Gasteiger partial charge in [-0.25, -0.2) is 0 Å². The molecule has 0 aliphatic rings. The van der Waals surface area contributed by atoms with Gasteiger partial charge in [0.15, 0.2) is 12.4 Å². The lowest BCUT2D eigenvalue weighted by Gasteiger charge is -2.11. The second-order valence-corrected chi connectivity index (χ2v) is 7.81. The van der Waals surface area contributed by atoms with Crippen LogP contribution in [0.3, 0.4) is 0 Å². The Hall–Kier alpha value is -3.00. The lowest BCUT2D eigenvalue weighted by atomic mass is 10.1. The van der Waals surface area contributed by atoms with Gasteiger partial charge in [0.2, 0.25) is 5.91 Å². The minimum atomic E-state index is -0.541. The van der Waals surface area contributed by atoms with Crippen molar-refractivity contribution in [1.29, 1.82) is 0 Å². The first kappa shape index (κ1) is 24.3. The number of esters is 1. The number of ether oxygens (including phenoxy) is 1. The zero-order valence-electron chi connectivity index (χ0n) is 17.5. The van der Waals surface area contributed by atoms with Crippen molar-refractivity contribution in [2.45, 2.75) is 39.5 Å². The smallest absolute Gasteiger partial charge is 0.306 e. The van der Waals surface area contributed by atoms with Gasteiger partial charge in [-0.1, -0.05) is 22.9 Å². The van der Waals surface area contributed by atoms with Crippen LogP contribution >= 0.6 is 15.9 Å². The van der Waals surface area contributed by atoms with E-state index in [2.05, 4.69) is 26.6 Å². The van der Waals surface area contributed by atoms with E-state index >= 15 is 0 Å². The van der Waals surface area contributed by atoms with Crippen molar-refractivity contribution < 1.29 is 23.9 Å². The van der Waals surface area contributed by atoms with Crippen molar-refractivity contribution in [1.82, 2.24) is 0 Å². The molecule has 0 fully saturated rings. The number of halogens is 1. The van der Waals surface area contributed by atoms with Gasteiger partial charge in [0, 0.05) is 34.3 Å². The highest BCUT2D eigenvalue weighted by molar-refractivity contribution is 9.10. The third-order valence-corrected chi connectivity index (χ3v) is 4.94. The molecule has 0 aliphatic heterocycles. The average Bonchev–Trinajstić information content (AvgIpc) is 2.73. The fraction of sp³-hybridized carbons (Fsp3) is 0.304. The third kappa shape index (κ3) is 8.33. The maximum Gasteiger partial charge on any atom is 0.306 e. The number of hydrogen-bond acceptors (Lipinski definition) is 5. The number of carbonyl (C=O) groups excluding carboxylic acids is 4. The summed E-state index contributed by atoms with van der Waals surface area (Å²) in [7, 11) is 0. The van der Waals surface area contributed by atoms with E-state index in [0.717, 1.165) is 16.5 Å². The first-order valence-electron chi connectivity index (χ1n) is 9.93. The van der Waals surface area contributed by atoms with Crippen molar-refractivity contribution in [3.8, 4) is 0 Å². The van der Waals surface area contributed by atoms with Crippen molar-refractivity contribution in [2.75, 3.05) is 17.2 Å². The van der Waals surface area contributed by atoms with Crippen LogP contribution in [0.4, 0.5) is 11.4 Å². The minimum absolute atomic E-state index is 0.0302. The fourth-order valence-corrected chi connectivity index (χ4v) is 3.19. The van der Waals surface area contributed by atoms with E-state index < -0.39 is 11.9 Å². The molecule has 2 rings (SSSR count). The molecule has 2 aromatic rings. The molecule has 0 heterocycles. The number of anilines is 2. The number of benzene rings is 2. The molecule has 8 heteroatoms. The van der Waals surface area contributed by atoms with Crippen molar-refractivity contribution in [3.05, 3.63) is 58.1 Å². The summed E-state index contributed by atoms with van der Waals surface area (Å²) in [6, 6.07) is 12.1. The van der Waals surface area contributed by atoms with E-state index in [0.29, 0.717) is 23.4 Å². The van der Waals surface area contributed by atoms with Gasteiger partial charge in [-0.05, 0) is 67.8 Å². The SMILES string of the molecule is CCc1cc(Br)ccc1NC(=O)COC(=O)CCCC(=O)Nc1ccc(C(C)=O)cc1. The number of hydrogen-bond donors (Lipinski definition) is 2. The number of rotatable bonds is 10. The van der Waals surface area contributed by atoms with Crippen LogP contribution in [0.2, 0.25) is 0 Å². The summed E-state index contributed by atoms with van der Waals surface area (Å²) in [6.45, 7) is 3.07. The van der Waals surface area contributed by atoms with Gasteiger partial charge >= 0.3 is 5.97 Å². The quantitative estimate of drug-likeness (QED) is 0.378. The van der Waals surface area contributed by atoms with Gasteiger partial charge in [0.1, 0.15) is 0 Å². The maximum atomic E-state index is 12.0. The van der Waals surface area contributed by atoms with Gasteiger partial charge in [0.25, 0.3) is 5.91 Å². The molecular weight excluding hydrogens is 464 g/mol. The molecule has 31 heavy (non-hydrogen) atoms. The van der Waals surface area contributed by atoms with Crippen LogP contribution in [0.25, 0.3) is 0 Å². The van der Waals surface area contributed by atoms with Gasteiger partial charge < -0.3 is 15.4 Å². The Morgan fingerprint density at radius 2 is 1.65 bits per heavy atom. The van der Waals surface area contributed by atoms with Crippen LogP contribution in [-0.2, 0) is 25.5 Å². The second kappa shape index (κ2) is 12.0. The maximum absolute atomic E-state index is 12.0. The number of aryl methyl sites for hydroxylation is 1. The standard InChI is InChI=1S/C23H25BrN2O5/c1-3-16-13-18(24)9-12-20(16)26-22(29)14-31-23(30)6-4-5-21(28)25-19-10-7-17(8-11-19)15(2)27/h7-13H,3-6,14H2,1-2H3,(H,25,28)(H,26,29). The van der Waals surface area contributed by atoms with Gasteiger partial charge in [-0.15, -0.1) is 0 Å². The zero-order chi connectivity index (χ0) is 22.8. The molecule has 2 N–H and O–H groups in total. The third-order valence-electron chi connectivity index (χ3n) is 4.45. The second-order valence-electron chi connectivity index (χ2n) is 6.90. The van der Waals surface area contributed by atoms with Crippen LogP contribution in [0.1, 0.15) is 49.0 Å². The van der Waals surface area contributed by atoms with Crippen LogP contribution in [-0.4, -0.2) is 30.2 Å². The number of Topliss-reactive ketones (excluding diaryl/α,β-unsaturated/α-hetero) is 1. The molecule has 0 saturated carbocycles. The molecule has 0 radical (unpaired) electrons. The number of amides is 2. The molecular formula is C23H25BrN2O5. The Morgan fingerprint density at radius 3 is 2.29 bits per heavy atom. The van der Waals surface area contributed by atoms with Gasteiger partial charge in [-0.2, -0.15) is 0 Å². The van der Waals surface area contributed by atoms with E-state index in [-0.39, 0.29) is 31.1 Å². The minimum Gasteiger partial charge on any atom is -0.456 e. The highest BCUT2D eigenvalue weighted by atomic mass is 79.9. The van der Waals surface area contributed by atoms with E-state index in [1.54, 1.807) is 30.3 Å². The van der Waals surface area contributed by atoms with Crippen LogP contribution < -0.4 is 10.6 Å². The highest BCUT2D eigenvalue weighted by Crippen LogP contribution is 2.21. The van der Waals surface area contributed by atoms with E-state index in [1.807, 2.05) is 19.1 Å². The van der Waals surface area contributed by atoms with Gasteiger partial charge in [-0.3, -0.25) is 19.2 Å². The van der Waals surface area contributed by atoms with Crippen molar-refractivity contribution in [3.63, 3.8) is 0 Å². The Bertz CT molecular complexity index is 957. The summed E-state index contributed by atoms with van der Waals surface area (Å²) in [5.74, 6) is -1.26. The largest absolute Gasteiger partial charge is 0.456 e. The number of ketones is 1. The number of carbonyl (C=O) groups is 4. The molecule has 164 valence electrons. The molecule has 0 saturated heterocycles.